The molecule has 1 amide bonds. The molecule has 0 spiro atoms. The van der Waals surface area contributed by atoms with Crippen molar-refractivity contribution < 1.29 is 4.79 Å². The number of nitrogens with one attached hydrogen (secondary N) is 3. The fraction of sp³-hybridized carbons (Fsp3) is 0.444. The molecule has 1 saturated carbocycles. The SMILES string of the molecule is CC(=O)Nc1ccc(Nc2cnnc(NC3CCCCCC3)n2)cc1. The Hall–Kier alpha value is -2.70. The first-order valence-electron chi connectivity index (χ1n) is 8.80. The topological polar surface area (TPSA) is 91.8 Å². The minimum Gasteiger partial charge on any atom is -0.350 e. The molecule has 3 rings (SSSR count). The molecule has 1 aliphatic carbocycles. The molecule has 1 heterocycles. The zero-order chi connectivity index (χ0) is 17.5. The Morgan fingerprint density at radius 2 is 1.72 bits per heavy atom. The largest absolute Gasteiger partial charge is 0.350 e. The second-order valence-corrected chi connectivity index (χ2v) is 6.38. The minimum absolute atomic E-state index is 0.0880. The van der Waals surface area contributed by atoms with Crippen molar-refractivity contribution in [2.45, 2.75) is 51.5 Å². The summed E-state index contributed by atoms with van der Waals surface area (Å²) in [7, 11) is 0. The molecular weight excluding hydrogens is 316 g/mol. The molecular formula is C18H24N6O. The van der Waals surface area contributed by atoms with Crippen LogP contribution in [0.25, 0.3) is 0 Å². The lowest BCUT2D eigenvalue weighted by Crippen LogP contribution is -2.20. The molecule has 1 aromatic heterocycles. The van der Waals surface area contributed by atoms with Gasteiger partial charge in [-0.1, -0.05) is 25.7 Å². The summed E-state index contributed by atoms with van der Waals surface area (Å²) in [4.78, 5) is 15.6. The molecule has 0 bridgehead atoms. The van der Waals surface area contributed by atoms with Gasteiger partial charge in [0.25, 0.3) is 0 Å². The van der Waals surface area contributed by atoms with Crippen LogP contribution in [0.15, 0.2) is 30.5 Å². The molecule has 0 aliphatic heterocycles. The summed E-state index contributed by atoms with van der Waals surface area (Å²) in [6, 6.07) is 7.86. The van der Waals surface area contributed by atoms with Crippen LogP contribution in [0.5, 0.6) is 0 Å². The summed E-state index contributed by atoms with van der Waals surface area (Å²) in [6.45, 7) is 1.49. The fourth-order valence-corrected chi connectivity index (χ4v) is 3.02. The number of carbonyl (C=O) groups excluding carboxylic acids is 1. The number of carbonyl (C=O) groups is 1. The highest BCUT2D eigenvalue weighted by Gasteiger charge is 2.13. The van der Waals surface area contributed by atoms with Crippen molar-refractivity contribution in [3.8, 4) is 0 Å². The van der Waals surface area contributed by atoms with E-state index in [1.165, 1.54) is 32.6 Å². The van der Waals surface area contributed by atoms with E-state index in [1.54, 1.807) is 6.20 Å². The summed E-state index contributed by atoms with van der Waals surface area (Å²) >= 11 is 0. The van der Waals surface area contributed by atoms with Gasteiger partial charge in [-0.2, -0.15) is 10.1 Å². The van der Waals surface area contributed by atoms with Gasteiger partial charge in [-0.15, -0.1) is 5.10 Å². The van der Waals surface area contributed by atoms with Crippen LogP contribution < -0.4 is 16.0 Å². The van der Waals surface area contributed by atoms with E-state index in [9.17, 15) is 4.79 Å². The number of hydrogen-bond acceptors (Lipinski definition) is 6. The molecule has 7 heteroatoms. The molecule has 7 nitrogen and oxygen atoms in total. The van der Waals surface area contributed by atoms with E-state index in [1.807, 2.05) is 24.3 Å². The van der Waals surface area contributed by atoms with Crippen LogP contribution in [0.3, 0.4) is 0 Å². The van der Waals surface area contributed by atoms with Crippen molar-refractivity contribution in [3.63, 3.8) is 0 Å². The van der Waals surface area contributed by atoms with Gasteiger partial charge in [0.2, 0.25) is 11.9 Å². The number of aromatic nitrogens is 3. The minimum atomic E-state index is -0.0880. The van der Waals surface area contributed by atoms with Gasteiger partial charge < -0.3 is 16.0 Å². The smallest absolute Gasteiger partial charge is 0.244 e. The maximum Gasteiger partial charge on any atom is 0.244 e. The Bertz CT molecular complexity index is 695. The molecule has 3 N–H and O–H groups in total. The normalized spacial score (nSPS) is 15.2. The number of amides is 1. The van der Waals surface area contributed by atoms with Crippen molar-refractivity contribution in [2.24, 2.45) is 0 Å². The lowest BCUT2D eigenvalue weighted by Gasteiger charge is -2.16. The average molecular weight is 340 g/mol. The van der Waals surface area contributed by atoms with Gasteiger partial charge >= 0.3 is 0 Å². The van der Waals surface area contributed by atoms with Crippen molar-refractivity contribution in [1.29, 1.82) is 0 Å². The Labute approximate surface area is 147 Å². The van der Waals surface area contributed by atoms with E-state index in [2.05, 4.69) is 31.1 Å². The second-order valence-electron chi connectivity index (χ2n) is 6.38. The second kappa shape index (κ2) is 8.41. The number of benzene rings is 1. The van der Waals surface area contributed by atoms with E-state index in [0.29, 0.717) is 17.8 Å². The molecule has 132 valence electrons. The predicted octanol–water partition coefficient (Wildman–Crippen LogP) is 3.71. The number of anilines is 4. The number of nitrogens with zero attached hydrogens (tertiary/aromatic N) is 3. The van der Waals surface area contributed by atoms with Crippen LogP contribution in [-0.2, 0) is 4.79 Å². The third-order valence-corrected chi connectivity index (χ3v) is 4.22. The molecule has 0 unspecified atom stereocenters. The molecule has 0 saturated heterocycles. The van der Waals surface area contributed by atoms with Crippen LogP contribution in [0.1, 0.15) is 45.4 Å². The van der Waals surface area contributed by atoms with E-state index >= 15 is 0 Å². The molecule has 1 aliphatic rings. The van der Waals surface area contributed by atoms with Gasteiger partial charge in [0.05, 0.1) is 6.20 Å². The maximum absolute atomic E-state index is 11.1. The van der Waals surface area contributed by atoms with Crippen molar-refractivity contribution in [3.05, 3.63) is 30.5 Å². The van der Waals surface area contributed by atoms with Crippen LogP contribution in [0.2, 0.25) is 0 Å². The quantitative estimate of drug-likeness (QED) is 0.719. The van der Waals surface area contributed by atoms with E-state index < -0.39 is 0 Å². The molecule has 0 atom stereocenters. The third kappa shape index (κ3) is 5.41. The zero-order valence-electron chi connectivity index (χ0n) is 14.5. The van der Waals surface area contributed by atoms with E-state index in [-0.39, 0.29) is 5.91 Å². The summed E-state index contributed by atoms with van der Waals surface area (Å²) in [6.07, 6.45) is 9.05. The average Bonchev–Trinajstić information content (AvgIpc) is 2.85. The number of hydrogen-bond donors (Lipinski definition) is 3. The lowest BCUT2D eigenvalue weighted by atomic mass is 10.1. The fourth-order valence-electron chi connectivity index (χ4n) is 3.02. The van der Waals surface area contributed by atoms with Gasteiger partial charge in [0.1, 0.15) is 0 Å². The van der Waals surface area contributed by atoms with Crippen molar-refractivity contribution in [2.75, 3.05) is 16.0 Å². The number of rotatable bonds is 5. The Balaban J connectivity index is 1.61. The zero-order valence-corrected chi connectivity index (χ0v) is 14.5. The highest BCUT2D eigenvalue weighted by atomic mass is 16.1. The molecule has 2 aromatic rings. The van der Waals surface area contributed by atoms with Crippen molar-refractivity contribution >= 4 is 29.0 Å². The first kappa shape index (κ1) is 17.1. The third-order valence-electron chi connectivity index (χ3n) is 4.22. The summed E-state index contributed by atoms with van der Waals surface area (Å²) in [5, 5.41) is 17.5. The summed E-state index contributed by atoms with van der Waals surface area (Å²) < 4.78 is 0. The Morgan fingerprint density at radius 1 is 1.04 bits per heavy atom. The molecule has 25 heavy (non-hydrogen) atoms. The van der Waals surface area contributed by atoms with E-state index in [4.69, 9.17) is 0 Å². The standard InChI is InChI=1S/C18H24N6O/c1-13(25)20-15-8-10-16(11-9-15)21-17-12-19-24-18(23-17)22-14-6-4-2-3-5-7-14/h8-12,14H,2-7H2,1H3,(H,20,25)(H2,21,22,23,24). The van der Waals surface area contributed by atoms with Gasteiger partial charge in [-0.25, -0.2) is 0 Å². The van der Waals surface area contributed by atoms with Crippen LogP contribution in [0, 0.1) is 0 Å². The van der Waals surface area contributed by atoms with Gasteiger partial charge in [0, 0.05) is 24.3 Å². The maximum atomic E-state index is 11.1. The summed E-state index contributed by atoms with van der Waals surface area (Å²) in [5.74, 6) is 1.11. The molecule has 1 fully saturated rings. The first-order chi connectivity index (χ1) is 12.2. The predicted molar refractivity (Wildman–Crippen MR) is 99.0 cm³/mol. The highest BCUT2D eigenvalue weighted by Crippen LogP contribution is 2.21. The highest BCUT2D eigenvalue weighted by molar-refractivity contribution is 5.88. The Morgan fingerprint density at radius 3 is 2.40 bits per heavy atom. The monoisotopic (exact) mass is 340 g/mol. The first-order valence-corrected chi connectivity index (χ1v) is 8.80. The van der Waals surface area contributed by atoms with Crippen LogP contribution >= 0.6 is 0 Å². The molecule has 1 aromatic carbocycles. The van der Waals surface area contributed by atoms with Gasteiger partial charge in [-0.3, -0.25) is 4.79 Å². The lowest BCUT2D eigenvalue weighted by molar-refractivity contribution is -0.114. The van der Waals surface area contributed by atoms with Crippen LogP contribution in [0.4, 0.5) is 23.1 Å². The molecule has 0 radical (unpaired) electrons. The van der Waals surface area contributed by atoms with Crippen LogP contribution in [-0.4, -0.2) is 27.1 Å². The summed E-state index contributed by atoms with van der Waals surface area (Å²) in [5.41, 5.74) is 1.63. The Kier molecular flexibility index (Phi) is 5.77. The van der Waals surface area contributed by atoms with Gasteiger partial charge in [-0.05, 0) is 37.1 Å². The van der Waals surface area contributed by atoms with Crippen molar-refractivity contribution in [1.82, 2.24) is 15.2 Å². The van der Waals surface area contributed by atoms with Gasteiger partial charge in [0.15, 0.2) is 5.82 Å². The van der Waals surface area contributed by atoms with E-state index in [0.717, 1.165) is 24.2 Å².